The van der Waals surface area contributed by atoms with Crippen molar-refractivity contribution in [1.82, 2.24) is 25.5 Å². The predicted molar refractivity (Wildman–Crippen MR) is 75.9 cm³/mol. The number of tetrazole rings is 1. The van der Waals surface area contributed by atoms with E-state index < -0.39 is 0 Å². The number of hydrogen-bond acceptors (Lipinski definition) is 4. The van der Waals surface area contributed by atoms with Crippen molar-refractivity contribution in [2.75, 3.05) is 0 Å². The monoisotopic (exact) mass is 299 g/mol. The lowest BCUT2D eigenvalue weighted by molar-refractivity contribution is 0.563. The topological polar surface area (TPSA) is 55.6 Å². The largest absolute Gasteiger partial charge is 0.308 e. The van der Waals surface area contributed by atoms with Crippen molar-refractivity contribution in [3.63, 3.8) is 0 Å². The van der Waals surface area contributed by atoms with E-state index >= 15 is 0 Å². The smallest absolute Gasteiger partial charge is 0.170 e. The molecule has 0 spiro atoms. The fraction of sp³-hybridized carbons (Fsp3) is 0.417. The Hall–Kier alpha value is -1.17. The van der Waals surface area contributed by atoms with Crippen molar-refractivity contribution in [3.05, 3.63) is 33.6 Å². The highest BCUT2D eigenvalue weighted by Gasteiger charge is 2.13. The maximum absolute atomic E-state index is 6.23. The van der Waals surface area contributed by atoms with E-state index in [1.165, 1.54) is 0 Å². The molecular weight excluding hydrogens is 285 g/mol. The zero-order valence-electron chi connectivity index (χ0n) is 11.0. The second kappa shape index (κ2) is 5.86. The van der Waals surface area contributed by atoms with Crippen LogP contribution in [-0.4, -0.2) is 26.2 Å². The van der Waals surface area contributed by atoms with E-state index in [9.17, 15) is 0 Å². The molecule has 5 nitrogen and oxygen atoms in total. The summed E-state index contributed by atoms with van der Waals surface area (Å²) in [6, 6.07) is 3.93. The summed E-state index contributed by atoms with van der Waals surface area (Å²) < 4.78 is 1.60. The van der Waals surface area contributed by atoms with E-state index in [0.29, 0.717) is 34.1 Å². The van der Waals surface area contributed by atoms with Crippen LogP contribution in [0.4, 0.5) is 0 Å². The lowest BCUT2D eigenvalue weighted by Gasteiger charge is -2.10. The number of nitrogens with zero attached hydrogens (tertiary/aromatic N) is 4. The van der Waals surface area contributed by atoms with Gasteiger partial charge < -0.3 is 5.32 Å². The molecule has 7 heteroatoms. The van der Waals surface area contributed by atoms with E-state index in [1.807, 2.05) is 6.92 Å². The minimum absolute atomic E-state index is 0.349. The Morgan fingerprint density at radius 3 is 2.68 bits per heavy atom. The third-order valence-corrected chi connectivity index (χ3v) is 3.37. The zero-order chi connectivity index (χ0) is 14.0. The average molecular weight is 300 g/mol. The van der Waals surface area contributed by atoms with Gasteiger partial charge in [-0.2, -0.15) is 4.68 Å². The Balaban J connectivity index is 2.37. The molecule has 19 heavy (non-hydrogen) atoms. The van der Waals surface area contributed by atoms with Crippen LogP contribution in [0.25, 0.3) is 5.69 Å². The van der Waals surface area contributed by atoms with Crippen LogP contribution in [0, 0.1) is 6.92 Å². The van der Waals surface area contributed by atoms with Gasteiger partial charge in [-0.3, -0.25) is 0 Å². The van der Waals surface area contributed by atoms with Crippen LogP contribution in [0.1, 0.15) is 25.2 Å². The molecule has 102 valence electrons. The quantitative estimate of drug-likeness (QED) is 0.943. The van der Waals surface area contributed by atoms with Crippen LogP contribution in [0.2, 0.25) is 10.0 Å². The van der Waals surface area contributed by atoms with Crippen molar-refractivity contribution in [3.8, 4) is 5.69 Å². The highest BCUT2D eigenvalue weighted by atomic mass is 35.5. The van der Waals surface area contributed by atoms with Crippen molar-refractivity contribution in [1.29, 1.82) is 0 Å². The first-order chi connectivity index (χ1) is 8.99. The van der Waals surface area contributed by atoms with E-state index in [2.05, 4.69) is 34.7 Å². The second-order valence-electron chi connectivity index (χ2n) is 4.60. The summed E-state index contributed by atoms with van der Waals surface area (Å²) in [5.74, 6) is 0.690. The van der Waals surface area contributed by atoms with Crippen molar-refractivity contribution < 1.29 is 0 Å². The summed E-state index contributed by atoms with van der Waals surface area (Å²) in [7, 11) is 0. The number of rotatable bonds is 4. The van der Waals surface area contributed by atoms with E-state index in [-0.39, 0.29) is 0 Å². The maximum atomic E-state index is 6.23. The van der Waals surface area contributed by atoms with Gasteiger partial charge in [0.15, 0.2) is 5.82 Å². The van der Waals surface area contributed by atoms with Crippen molar-refractivity contribution in [2.24, 2.45) is 0 Å². The lowest BCUT2D eigenvalue weighted by atomic mass is 10.2. The molecule has 0 saturated carbocycles. The highest BCUT2D eigenvalue weighted by molar-refractivity contribution is 6.35. The molecule has 0 bridgehead atoms. The molecular formula is C12H15Cl2N5. The fourth-order valence-corrected chi connectivity index (χ4v) is 2.05. The third kappa shape index (κ3) is 3.23. The van der Waals surface area contributed by atoms with Gasteiger partial charge in [0.1, 0.15) is 0 Å². The Bertz CT molecular complexity index is 579. The van der Waals surface area contributed by atoms with Gasteiger partial charge in [0.2, 0.25) is 0 Å². The van der Waals surface area contributed by atoms with Crippen LogP contribution in [0.5, 0.6) is 0 Å². The lowest BCUT2D eigenvalue weighted by Crippen LogP contribution is -2.24. The molecule has 0 aliphatic carbocycles. The number of halogens is 2. The SMILES string of the molecule is Cc1cc(Cl)c(-n2nnnc2CNC(C)C)cc1Cl. The van der Waals surface area contributed by atoms with E-state index in [1.54, 1.807) is 16.8 Å². The van der Waals surface area contributed by atoms with Gasteiger partial charge in [-0.25, -0.2) is 0 Å². The molecule has 1 aromatic carbocycles. The maximum Gasteiger partial charge on any atom is 0.170 e. The van der Waals surface area contributed by atoms with Crippen molar-refractivity contribution in [2.45, 2.75) is 33.4 Å². The Morgan fingerprint density at radius 2 is 2.00 bits per heavy atom. The van der Waals surface area contributed by atoms with Gasteiger partial charge in [0.05, 0.1) is 17.3 Å². The van der Waals surface area contributed by atoms with Gasteiger partial charge in [0, 0.05) is 11.1 Å². The summed E-state index contributed by atoms with van der Waals surface area (Å²) >= 11 is 12.4. The molecule has 2 rings (SSSR count). The van der Waals surface area contributed by atoms with Crippen molar-refractivity contribution >= 4 is 23.2 Å². The highest BCUT2D eigenvalue weighted by Crippen LogP contribution is 2.27. The third-order valence-electron chi connectivity index (χ3n) is 2.66. The fourth-order valence-electron chi connectivity index (χ4n) is 1.60. The molecule has 0 amide bonds. The number of aromatic nitrogens is 4. The Kier molecular flexibility index (Phi) is 4.39. The molecule has 0 radical (unpaired) electrons. The molecule has 0 aliphatic rings. The molecule has 0 atom stereocenters. The summed E-state index contributed by atoms with van der Waals surface area (Å²) in [6.07, 6.45) is 0. The molecule has 0 aliphatic heterocycles. The zero-order valence-corrected chi connectivity index (χ0v) is 12.5. The van der Waals surface area contributed by atoms with Gasteiger partial charge >= 0.3 is 0 Å². The molecule has 0 saturated heterocycles. The van der Waals surface area contributed by atoms with Crippen LogP contribution in [0.15, 0.2) is 12.1 Å². The molecule has 1 heterocycles. The number of hydrogen-bond donors (Lipinski definition) is 1. The van der Waals surface area contributed by atoms with E-state index in [4.69, 9.17) is 23.2 Å². The molecule has 0 unspecified atom stereocenters. The van der Waals surface area contributed by atoms with Gasteiger partial charge in [-0.15, -0.1) is 5.10 Å². The molecule has 2 aromatic rings. The molecule has 1 aromatic heterocycles. The molecule has 0 fully saturated rings. The number of nitrogens with one attached hydrogen (secondary N) is 1. The summed E-state index contributed by atoms with van der Waals surface area (Å²) in [5.41, 5.74) is 1.60. The van der Waals surface area contributed by atoms with Gasteiger partial charge in [0.25, 0.3) is 0 Å². The predicted octanol–water partition coefficient (Wildman–Crippen LogP) is 2.78. The first-order valence-electron chi connectivity index (χ1n) is 5.95. The Labute approximate surface area is 121 Å². The Morgan fingerprint density at radius 1 is 1.26 bits per heavy atom. The number of benzene rings is 1. The first kappa shape index (κ1) is 14.2. The average Bonchev–Trinajstić information content (AvgIpc) is 2.79. The van der Waals surface area contributed by atoms with Gasteiger partial charge in [-0.05, 0) is 35.0 Å². The normalized spacial score (nSPS) is 11.3. The second-order valence-corrected chi connectivity index (χ2v) is 5.41. The van der Waals surface area contributed by atoms with Crippen LogP contribution in [-0.2, 0) is 6.54 Å². The summed E-state index contributed by atoms with van der Waals surface area (Å²) in [6.45, 7) is 6.58. The standard InChI is InChI=1S/C12H15Cl2N5/c1-7(2)15-6-12-16-17-18-19(12)11-5-9(13)8(3)4-10(11)14/h4-5,7,15H,6H2,1-3H3. The number of aryl methyl sites for hydroxylation is 1. The first-order valence-corrected chi connectivity index (χ1v) is 6.71. The van der Waals surface area contributed by atoms with Crippen LogP contribution >= 0.6 is 23.2 Å². The molecule has 1 N–H and O–H groups in total. The van der Waals surface area contributed by atoms with Gasteiger partial charge in [-0.1, -0.05) is 37.0 Å². The summed E-state index contributed by atoms with van der Waals surface area (Å²) in [4.78, 5) is 0. The minimum Gasteiger partial charge on any atom is -0.308 e. The van der Waals surface area contributed by atoms with E-state index in [0.717, 1.165) is 5.56 Å². The van der Waals surface area contributed by atoms with Crippen LogP contribution < -0.4 is 5.32 Å². The summed E-state index contributed by atoms with van der Waals surface area (Å²) in [5, 5.41) is 16.1. The van der Waals surface area contributed by atoms with Crippen LogP contribution in [0.3, 0.4) is 0 Å². The minimum atomic E-state index is 0.349.